The molecule has 0 heterocycles. The zero-order chi connectivity index (χ0) is 14.0. The van der Waals surface area contributed by atoms with Gasteiger partial charge in [-0.25, -0.2) is 8.78 Å². The van der Waals surface area contributed by atoms with Crippen molar-refractivity contribution in [3.63, 3.8) is 0 Å². The van der Waals surface area contributed by atoms with Crippen molar-refractivity contribution in [2.45, 2.75) is 6.42 Å². The molecular weight excluding hydrogens is 293 g/mol. The summed E-state index contributed by atoms with van der Waals surface area (Å²) in [7, 11) is 0. The third-order valence-electron chi connectivity index (χ3n) is 2.59. The molecular formula is C14H8Cl2F2O. The molecule has 1 nitrogen and oxygen atoms in total. The summed E-state index contributed by atoms with van der Waals surface area (Å²) in [6.45, 7) is 0. The standard InChI is InChI=1S/C14H8Cl2F2O/c15-9-2-1-3-12(18)14(9)13(19)7-8-4-5-11(17)10(16)6-8/h1-6H,7H2. The molecule has 0 saturated heterocycles. The van der Waals surface area contributed by atoms with Crippen LogP contribution in [0.2, 0.25) is 10.0 Å². The number of ketones is 1. The number of carbonyl (C=O) groups excluding carboxylic acids is 1. The van der Waals surface area contributed by atoms with Crippen LogP contribution in [-0.4, -0.2) is 5.78 Å². The van der Waals surface area contributed by atoms with E-state index in [0.717, 1.165) is 12.1 Å². The number of carbonyl (C=O) groups is 1. The van der Waals surface area contributed by atoms with Gasteiger partial charge in [0.15, 0.2) is 5.78 Å². The molecule has 5 heteroatoms. The highest BCUT2D eigenvalue weighted by atomic mass is 35.5. The highest BCUT2D eigenvalue weighted by Crippen LogP contribution is 2.22. The van der Waals surface area contributed by atoms with Gasteiger partial charge < -0.3 is 0 Å². The van der Waals surface area contributed by atoms with Gasteiger partial charge in [0.25, 0.3) is 0 Å². The molecule has 98 valence electrons. The lowest BCUT2D eigenvalue weighted by atomic mass is 10.0. The first kappa shape index (κ1) is 14.0. The number of halogens is 4. The minimum atomic E-state index is -0.675. The quantitative estimate of drug-likeness (QED) is 0.751. The van der Waals surface area contributed by atoms with Crippen LogP contribution in [0.5, 0.6) is 0 Å². The first-order chi connectivity index (χ1) is 8.99. The van der Waals surface area contributed by atoms with E-state index in [9.17, 15) is 13.6 Å². The molecule has 0 spiro atoms. The van der Waals surface area contributed by atoms with Gasteiger partial charge in [-0.15, -0.1) is 0 Å². The minimum absolute atomic E-state index is 0.0539. The summed E-state index contributed by atoms with van der Waals surface area (Å²) < 4.78 is 26.5. The van der Waals surface area contributed by atoms with E-state index >= 15 is 0 Å². The van der Waals surface area contributed by atoms with Gasteiger partial charge in [-0.05, 0) is 29.8 Å². The highest BCUT2D eigenvalue weighted by Gasteiger charge is 2.16. The summed E-state index contributed by atoms with van der Waals surface area (Å²) in [5.41, 5.74) is 0.334. The SMILES string of the molecule is O=C(Cc1ccc(F)c(Cl)c1)c1c(F)cccc1Cl. The lowest BCUT2D eigenvalue weighted by Crippen LogP contribution is -2.07. The maximum atomic E-state index is 13.6. The van der Waals surface area contributed by atoms with Crippen LogP contribution in [0, 0.1) is 11.6 Å². The van der Waals surface area contributed by atoms with Gasteiger partial charge >= 0.3 is 0 Å². The zero-order valence-electron chi connectivity index (χ0n) is 9.59. The van der Waals surface area contributed by atoms with Crippen molar-refractivity contribution in [3.8, 4) is 0 Å². The Morgan fingerprint density at radius 3 is 2.37 bits per heavy atom. The number of hydrogen-bond donors (Lipinski definition) is 0. The fourth-order valence-electron chi connectivity index (χ4n) is 1.69. The van der Waals surface area contributed by atoms with E-state index in [-0.39, 0.29) is 22.0 Å². The number of rotatable bonds is 3. The van der Waals surface area contributed by atoms with E-state index in [1.807, 2.05) is 0 Å². The Balaban J connectivity index is 2.28. The largest absolute Gasteiger partial charge is 0.294 e. The van der Waals surface area contributed by atoms with Crippen LogP contribution in [0.15, 0.2) is 36.4 Å². The molecule has 0 aliphatic heterocycles. The molecule has 0 aliphatic rings. The van der Waals surface area contributed by atoms with Crippen LogP contribution >= 0.6 is 23.2 Å². The van der Waals surface area contributed by atoms with E-state index in [4.69, 9.17) is 23.2 Å². The number of Topliss-reactive ketones (excluding diaryl/α,β-unsaturated/α-hetero) is 1. The molecule has 0 bridgehead atoms. The Hall–Kier alpha value is -1.45. The predicted octanol–water partition coefficient (Wildman–Crippen LogP) is 4.70. The third kappa shape index (κ3) is 3.11. The Labute approximate surface area is 118 Å². The van der Waals surface area contributed by atoms with Crippen LogP contribution in [0.1, 0.15) is 15.9 Å². The average Bonchev–Trinajstić information content (AvgIpc) is 2.33. The third-order valence-corrected chi connectivity index (χ3v) is 3.19. The number of hydrogen-bond acceptors (Lipinski definition) is 1. The second kappa shape index (κ2) is 5.68. The first-order valence-electron chi connectivity index (χ1n) is 5.40. The first-order valence-corrected chi connectivity index (χ1v) is 6.16. The van der Waals surface area contributed by atoms with Crippen molar-refractivity contribution < 1.29 is 13.6 Å². The van der Waals surface area contributed by atoms with Gasteiger partial charge in [0.05, 0.1) is 15.6 Å². The van der Waals surface area contributed by atoms with Gasteiger partial charge in [-0.2, -0.15) is 0 Å². The molecule has 0 aromatic heterocycles. The Kier molecular flexibility index (Phi) is 4.17. The Morgan fingerprint density at radius 2 is 1.74 bits per heavy atom. The molecule has 0 saturated carbocycles. The molecule has 0 fully saturated rings. The molecule has 0 radical (unpaired) electrons. The van der Waals surface area contributed by atoms with Crippen molar-refractivity contribution in [1.29, 1.82) is 0 Å². The van der Waals surface area contributed by atoms with Crippen molar-refractivity contribution in [3.05, 3.63) is 69.2 Å². The predicted molar refractivity (Wildman–Crippen MR) is 70.9 cm³/mol. The van der Waals surface area contributed by atoms with E-state index in [1.54, 1.807) is 0 Å². The maximum Gasteiger partial charge on any atom is 0.171 e. The lowest BCUT2D eigenvalue weighted by Gasteiger charge is -2.05. The summed E-state index contributed by atoms with van der Waals surface area (Å²) in [6.07, 6.45) is -0.0966. The minimum Gasteiger partial charge on any atom is -0.294 e. The van der Waals surface area contributed by atoms with E-state index in [2.05, 4.69) is 0 Å². The second-order valence-corrected chi connectivity index (χ2v) is 4.76. The van der Waals surface area contributed by atoms with Crippen LogP contribution in [0.3, 0.4) is 0 Å². The average molecular weight is 301 g/mol. The van der Waals surface area contributed by atoms with Gasteiger partial charge in [-0.3, -0.25) is 4.79 Å². The van der Waals surface area contributed by atoms with E-state index in [0.29, 0.717) is 5.56 Å². The topological polar surface area (TPSA) is 17.1 Å². The van der Waals surface area contributed by atoms with Gasteiger partial charge in [0, 0.05) is 6.42 Å². The lowest BCUT2D eigenvalue weighted by molar-refractivity contribution is 0.0989. The summed E-state index contributed by atoms with van der Waals surface area (Å²) in [6, 6.07) is 7.95. The van der Waals surface area contributed by atoms with Gasteiger partial charge in [-0.1, -0.05) is 35.3 Å². The molecule has 0 aliphatic carbocycles. The van der Waals surface area contributed by atoms with Gasteiger partial charge in [0.2, 0.25) is 0 Å². The second-order valence-electron chi connectivity index (χ2n) is 3.95. The summed E-state index contributed by atoms with van der Waals surface area (Å²) in [5, 5.41) is -0.0249. The fraction of sp³-hybridized carbons (Fsp3) is 0.0714. The molecule has 2 rings (SSSR count). The summed E-state index contributed by atoms with van der Waals surface area (Å²) in [5.74, 6) is -1.72. The molecule has 0 atom stereocenters. The Morgan fingerprint density at radius 1 is 1.00 bits per heavy atom. The van der Waals surface area contributed by atoms with Gasteiger partial charge in [0.1, 0.15) is 11.6 Å². The molecule has 0 unspecified atom stereocenters. The highest BCUT2D eigenvalue weighted by molar-refractivity contribution is 6.34. The van der Waals surface area contributed by atoms with Crippen molar-refractivity contribution in [2.24, 2.45) is 0 Å². The zero-order valence-corrected chi connectivity index (χ0v) is 11.1. The summed E-state index contributed by atoms with van der Waals surface area (Å²) in [4.78, 5) is 12.0. The fourth-order valence-corrected chi connectivity index (χ4v) is 2.16. The van der Waals surface area contributed by atoms with Crippen molar-refractivity contribution in [2.75, 3.05) is 0 Å². The molecule has 2 aromatic rings. The molecule has 0 N–H and O–H groups in total. The van der Waals surface area contributed by atoms with E-state index < -0.39 is 17.4 Å². The van der Waals surface area contributed by atoms with Crippen LogP contribution in [0.4, 0.5) is 8.78 Å². The summed E-state index contributed by atoms with van der Waals surface area (Å²) >= 11 is 11.4. The smallest absolute Gasteiger partial charge is 0.171 e. The number of benzene rings is 2. The van der Waals surface area contributed by atoms with Crippen molar-refractivity contribution in [1.82, 2.24) is 0 Å². The van der Waals surface area contributed by atoms with Crippen LogP contribution in [0.25, 0.3) is 0 Å². The molecule has 19 heavy (non-hydrogen) atoms. The van der Waals surface area contributed by atoms with Crippen LogP contribution < -0.4 is 0 Å². The van der Waals surface area contributed by atoms with Crippen molar-refractivity contribution >= 4 is 29.0 Å². The van der Waals surface area contributed by atoms with E-state index in [1.165, 1.54) is 24.3 Å². The maximum absolute atomic E-state index is 13.6. The molecule has 0 amide bonds. The molecule has 2 aromatic carbocycles. The normalized spacial score (nSPS) is 10.5. The Bertz CT molecular complexity index is 621. The monoisotopic (exact) mass is 300 g/mol. The van der Waals surface area contributed by atoms with Crippen LogP contribution in [-0.2, 0) is 6.42 Å².